The third-order valence-corrected chi connectivity index (χ3v) is 0. The van der Waals surface area contributed by atoms with E-state index in [1.807, 2.05) is 0 Å². The predicted octanol–water partition coefficient (Wildman–Crippen LogP) is -0.0783. The normalized spacial score (nSPS) is 0. The van der Waals surface area contributed by atoms with Gasteiger partial charge < -0.3 is 5.48 Å². The van der Waals surface area contributed by atoms with E-state index in [9.17, 15) is 0 Å². The number of hydrogen-bond donors (Lipinski definition) is 0. The predicted molar refractivity (Wildman–Crippen MR) is 20.7 cm³/mol. The molecule has 0 rings (SSSR count). The van der Waals surface area contributed by atoms with E-state index in [0.29, 0.717) is 0 Å². The van der Waals surface area contributed by atoms with Gasteiger partial charge in [-0.05, 0) is 0 Å². The van der Waals surface area contributed by atoms with Crippen LogP contribution in [0.1, 0.15) is 7.43 Å². The summed E-state index contributed by atoms with van der Waals surface area (Å²) in [7, 11) is 0. The van der Waals surface area contributed by atoms with Crippen LogP contribution in [0.15, 0.2) is 0 Å². The molecule has 0 fully saturated rings. The summed E-state index contributed by atoms with van der Waals surface area (Å²) in [5, 5.41) is 0. The molecule has 0 aromatic heterocycles. The van der Waals surface area contributed by atoms with Gasteiger partial charge in [-0.2, -0.15) is 13.5 Å². The van der Waals surface area contributed by atoms with Crippen LogP contribution < -0.4 is 0 Å². The average Bonchev–Trinajstić information content (AvgIpc) is 0. The summed E-state index contributed by atoms with van der Waals surface area (Å²) in [5.41, 5.74) is 0. The molecule has 0 aromatic carbocycles. The monoisotopic (exact) mass is 132 g/mol. The van der Waals surface area contributed by atoms with Crippen molar-refractivity contribution in [1.82, 2.24) is 0 Å². The molecule has 1 nitrogen and oxygen atoms in total. The fourth-order valence-corrected chi connectivity index (χ4v) is 0. The van der Waals surface area contributed by atoms with Crippen molar-refractivity contribution >= 4 is 13.5 Å². The van der Waals surface area contributed by atoms with Gasteiger partial charge in [0.2, 0.25) is 0 Å². The first-order valence-corrected chi connectivity index (χ1v) is 0. The Morgan fingerprint density at radius 2 is 1.00 bits per heavy atom. The zero-order valence-electron chi connectivity index (χ0n) is 1.71. The van der Waals surface area contributed by atoms with Crippen LogP contribution in [0.25, 0.3) is 0 Å². The van der Waals surface area contributed by atoms with Gasteiger partial charge in [0.05, 0.1) is 0 Å². The van der Waals surface area contributed by atoms with Gasteiger partial charge in [-0.25, -0.2) is 0 Å². The second-order valence-electron chi connectivity index (χ2n) is 0. The van der Waals surface area contributed by atoms with Gasteiger partial charge in [0.25, 0.3) is 0 Å². The summed E-state index contributed by atoms with van der Waals surface area (Å²) in [6.07, 6.45) is 0. The van der Waals surface area contributed by atoms with Gasteiger partial charge in [-0.1, -0.05) is 7.43 Å². The van der Waals surface area contributed by atoms with Crippen LogP contribution in [-0.2, 0) is 19.5 Å². The summed E-state index contributed by atoms with van der Waals surface area (Å²) >= 11 is 0. The summed E-state index contributed by atoms with van der Waals surface area (Å²) in [5.74, 6) is 0. The molecule has 4 heavy (non-hydrogen) atoms. The van der Waals surface area contributed by atoms with Crippen LogP contribution >= 0.6 is 13.5 Å². The van der Waals surface area contributed by atoms with E-state index < -0.39 is 0 Å². The number of rotatable bonds is 0. The second-order valence-corrected chi connectivity index (χ2v) is 0. The largest absolute Gasteiger partial charge is 0.412 e. The quantitative estimate of drug-likeness (QED) is 0.414. The molecule has 0 unspecified atom stereocenters. The standard InChI is InChI=1S/CH4.H2O.H2S.Zn/h1H4;2*1H2;. The van der Waals surface area contributed by atoms with Crippen LogP contribution in [0, 0.1) is 0 Å². The fourth-order valence-electron chi connectivity index (χ4n) is 0. The molecule has 0 aliphatic heterocycles. The molecule has 0 bridgehead atoms. The minimum atomic E-state index is 0. The third kappa shape index (κ3) is 12.6. The maximum Gasteiger partial charge on any atom is 0 e. The number of hydrogen-bond acceptors (Lipinski definition) is 0. The average molecular weight is 134 g/mol. The Bertz CT molecular complexity index is 8.00. The van der Waals surface area contributed by atoms with Crippen molar-refractivity contribution in [3.05, 3.63) is 0 Å². The molecule has 0 aliphatic rings. The van der Waals surface area contributed by atoms with E-state index >= 15 is 0 Å². The van der Waals surface area contributed by atoms with Gasteiger partial charge >= 0.3 is 0 Å². The summed E-state index contributed by atoms with van der Waals surface area (Å²) in [4.78, 5) is 0. The molecule has 0 amide bonds. The molecule has 2 N–H and O–H groups in total. The minimum absolute atomic E-state index is 0. The van der Waals surface area contributed by atoms with Crippen LogP contribution in [0.4, 0.5) is 0 Å². The Kier molecular flexibility index (Phi) is 851. The maximum absolute atomic E-state index is 0. The van der Waals surface area contributed by atoms with Crippen LogP contribution in [0.5, 0.6) is 0 Å². The van der Waals surface area contributed by atoms with E-state index in [1.165, 1.54) is 0 Å². The third-order valence-electron chi connectivity index (χ3n) is 0. The van der Waals surface area contributed by atoms with Crippen LogP contribution in [-0.4, -0.2) is 5.48 Å². The molecule has 0 atom stereocenters. The zero-order valence-corrected chi connectivity index (χ0v) is 5.67. The molecule has 26 valence electrons. The van der Waals surface area contributed by atoms with E-state index in [-0.39, 0.29) is 45.9 Å². The SMILES string of the molecule is C.O.S.[Zn]. The van der Waals surface area contributed by atoms with Gasteiger partial charge in [0, 0.05) is 19.5 Å². The van der Waals surface area contributed by atoms with Gasteiger partial charge in [-0.15, -0.1) is 0 Å². The molecular formula is CH8OSZn. The molecule has 0 spiro atoms. The molecule has 0 radical (unpaired) electrons. The van der Waals surface area contributed by atoms with Crippen molar-refractivity contribution in [2.24, 2.45) is 0 Å². The van der Waals surface area contributed by atoms with Gasteiger partial charge in [-0.3, -0.25) is 0 Å². The van der Waals surface area contributed by atoms with E-state index in [4.69, 9.17) is 0 Å². The molecule has 3 heteroatoms. The minimum Gasteiger partial charge on any atom is -0.412 e. The van der Waals surface area contributed by atoms with Gasteiger partial charge in [0.15, 0.2) is 0 Å². The van der Waals surface area contributed by atoms with E-state index in [0.717, 1.165) is 0 Å². The van der Waals surface area contributed by atoms with Crippen LogP contribution in [0.2, 0.25) is 0 Å². The first-order chi connectivity index (χ1) is 0. The summed E-state index contributed by atoms with van der Waals surface area (Å²) in [6, 6.07) is 0. The van der Waals surface area contributed by atoms with Crippen molar-refractivity contribution in [3.8, 4) is 0 Å². The summed E-state index contributed by atoms with van der Waals surface area (Å²) in [6.45, 7) is 0. The molecule has 0 aromatic rings. The Labute approximate surface area is 46.3 Å². The van der Waals surface area contributed by atoms with Crippen molar-refractivity contribution < 1.29 is 25.0 Å². The first-order valence-electron chi connectivity index (χ1n) is 0. The van der Waals surface area contributed by atoms with Crippen LogP contribution in [0.3, 0.4) is 0 Å². The molecule has 0 saturated carbocycles. The second kappa shape index (κ2) is 38.8. The smallest absolute Gasteiger partial charge is 0 e. The Balaban J connectivity index is 0. The van der Waals surface area contributed by atoms with Gasteiger partial charge in [0.1, 0.15) is 0 Å². The van der Waals surface area contributed by atoms with E-state index in [1.54, 1.807) is 0 Å². The Morgan fingerprint density at radius 3 is 1.00 bits per heavy atom. The Morgan fingerprint density at radius 1 is 1.00 bits per heavy atom. The molecule has 0 aliphatic carbocycles. The Hall–Kier alpha value is 0.933. The van der Waals surface area contributed by atoms with Crippen molar-refractivity contribution in [2.75, 3.05) is 0 Å². The molecule has 0 saturated heterocycles. The molecular weight excluding hydrogens is 125 g/mol. The first kappa shape index (κ1) is 87.6. The zero-order chi connectivity index (χ0) is 0. The fraction of sp³-hybridized carbons (Fsp3) is 1.00. The summed E-state index contributed by atoms with van der Waals surface area (Å²) < 4.78 is 0. The van der Waals surface area contributed by atoms with Crippen molar-refractivity contribution in [1.29, 1.82) is 0 Å². The maximum atomic E-state index is 0. The van der Waals surface area contributed by atoms with E-state index in [2.05, 4.69) is 0 Å². The topological polar surface area (TPSA) is 31.5 Å². The van der Waals surface area contributed by atoms with Crippen molar-refractivity contribution in [3.63, 3.8) is 0 Å². The molecule has 0 heterocycles. The van der Waals surface area contributed by atoms with Crippen molar-refractivity contribution in [2.45, 2.75) is 7.43 Å².